The maximum absolute atomic E-state index is 11.8. The number of ether oxygens (including phenoxy) is 1. The summed E-state index contributed by atoms with van der Waals surface area (Å²) in [6.07, 6.45) is 0. The minimum absolute atomic E-state index is 0.0208. The highest BCUT2D eigenvalue weighted by Crippen LogP contribution is 2.25. The van der Waals surface area contributed by atoms with E-state index in [0.29, 0.717) is 22.9 Å². The van der Waals surface area contributed by atoms with Gasteiger partial charge in [-0.15, -0.1) is 0 Å². The molecule has 1 N–H and O–H groups in total. The van der Waals surface area contributed by atoms with E-state index in [1.165, 1.54) is 0 Å². The van der Waals surface area contributed by atoms with Crippen molar-refractivity contribution in [3.8, 4) is 5.75 Å². The lowest BCUT2D eigenvalue weighted by atomic mass is 10.1. The van der Waals surface area contributed by atoms with E-state index in [4.69, 9.17) is 16.3 Å². The molecular weight excluding hydrogens is 226 g/mol. The van der Waals surface area contributed by atoms with Gasteiger partial charge in [-0.1, -0.05) is 11.6 Å². The largest absolute Gasteiger partial charge is 0.492 e. The summed E-state index contributed by atoms with van der Waals surface area (Å²) in [6.45, 7) is 4.26. The first kappa shape index (κ1) is 13.0. The third-order valence-electron chi connectivity index (χ3n) is 2.34. The smallest absolute Gasteiger partial charge is 0.179 e. The monoisotopic (exact) mass is 241 g/mol. The van der Waals surface area contributed by atoms with Gasteiger partial charge < -0.3 is 10.1 Å². The molecule has 1 unspecified atom stereocenters. The van der Waals surface area contributed by atoms with Crippen LogP contribution in [0.15, 0.2) is 18.2 Å². The van der Waals surface area contributed by atoms with Crippen molar-refractivity contribution in [1.29, 1.82) is 0 Å². The lowest BCUT2D eigenvalue weighted by Gasteiger charge is -2.11. The van der Waals surface area contributed by atoms with Crippen LogP contribution in [-0.2, 0) is 0 Å². The molecule has 3 nitrogen and oxygen atoms in total. The third-order valence-corrected chi connectivity index (χ3v) is 2.64. The fourth-order valence-corrected chi connectivity index (χ4v) is 1.54. The number of rotatable bonds is 5. The normalized spacial score (nSPS) is 12.2. The van der Waals surface area contributed by atoms with Crippen molar-refractivity contribution in [2.45, 2.75) is 19.9 Å². The number of carbonyl (C=O) groups is 1. The third kappa shape index (κ3) is 2.97. The van der Waals surface area contributed by atoms with Crippen LogP contribution in [0.1, 0.15) is 24.2 Å². The van der Waals surface area contributed by atoms with Crippen LogP contribution in [0.25, 0.3) is 0 Å². The van der Waals surface area contributed by atoms with Gasteiger partial charge in [0, 0.05) is 5.56 Å². The molecule has 0 bridgehead atoms. The van der Waals surface area contributed by atoms with E-state index in [0.717, 1.165) is 0 Å². The number of benzene rings is 1. The van der Waals surface area contributed by atoms with Gasteiger partial charge in [0.1, 0.15) is 5.75 Å². The van der Waals surface area contributed by atoms with E-state index in [1.807, 2.05) is 13.8 Å². The Morgan fingerprint density at radius 1 is 1.56 bits per heavy atom. The zero-order valence-corrected chi connectivity index (χ0v) is 10.5. The fraction of sp³-hybridized carbons (Fsp3) is 0.417. The van der Waals surface area contributed by atoms with Gasteiger partial charge in [-0.05, 0) is 39.1 Å². The highest BCUT2D eigenvalue weighted by Gasteiger charge is 2.14. The van der Waals surface area contributed by atoms with Gasteiger partial charge >= 0.3 is 0 Å². The fourth-order valence-electron chi connectivity index (χ4n) is 1.31. The number of carbonyl (C=O) groups excluding carboxylic acids is 1. The van der Waals surface area contributed by atoms with Gasteiger partial charge in [-0.25, -0.2) is 0 Å². The van der Waals surface area contributed by atoms with Crippen molar-refractivity contribution in [2.75, 3.05) is 13.7 Å². The lowest BCUT2D eigenvalue weighted by Crippen LogP contribution is -2.30. The minimum Gasteiger partial charge on any atom is -0.492 e. The van der Waals surface area contributed by atoms with Gasteiger partial charge in [0.25, 0.3) is 0 Å². The molecule has 0 heterocycles. The van der Waals surface area contributed by atoms with Gasteiger partial charge in [0.15, 0.2) is 5.78 Å². The number of halogens is 1. The molecule has 1 rings (SSSR count). The molecule has 0 aliphatic carbocycles. The number of nitrogens with one attached hydrogen (secondary N) is 1. The Balaban J connectivity index is 2.92. The van der Waals surface area contributed by atoms with Gasteiger partial charge in [0.05, 0.1) is 17.7 Å². The highest BCUT2D eigenvalue weighted by molar-refractivity contribution is 6.32. The average molecular weight is 242 g/mol. The first-order valence-corrected chi connectivity index (χ1v) is 5.61. The molecule has 16 heavy (non-hydrogen) atoms. The second kappa shape index (κ2) is 5.87. The molecule has 0 amide bonds. The summed E-state index contributed by atoms with van der Waals surface area (Å²) < 4.78 is 5.30. The molecule has 0 saturated heterocycles. The molecule has 0 aliphatic heterocycles. The number of hydrogen-bond donors (Lipinski definition) is 1. The first-order chi connectivity index (χ1) is 7.60. The highest BCUT2D eigenvalue weighted by atomic mass is 35.5. The van der Waals surface area contributed by atoms with Crippen molar-refractivity contribution in [2.24, 2.45) is 0 Å². The molecule has 0 fully saturated rings. The standard InChI is InChI=1S/C12H16ClNO2/c1-4-16-11-6-5-9(7-10(11)13)12(15)8(2)14-3/h5-8,14H,4H2,1-3H3. The van der Waals surface area contributed by atoms with Crippen LogP contribution in [0.4, 0.5) is 0 Å². The van der Waals surface area contributed by atoms with Crippen molar-refractivity contribution in [1.82, 2.24) is 5.32 Å². The van der Waals surface area contributed by atoms with Crippen LogP contribution < -0.4 is 10.1 Å². The average Bonchev–Trinajstić information content (AvgIpc) is 2.30. The molecule has 1 atom stereocenters. The van der Waals surface area contributed by atoms with E-state index < -0.39 is 0 Å². The number of Topliss-reactive ketones (excluding diaryl/α,β-unsaturated/α-hetero) is 1. The first-order valence-electron chi connectivity index (χ1n) is 5.24. The van der Waals surface area contributed by atoms with Crippen LogP contribution in [-0.4, -0.2) is 25.5 Å². The summed E-state index contributed by atoms with van der Waals surface area (Å²) in [5.41, 5.74) is 0.593. The molecule has 0 radical (unpaired) electrons. The molecule has 4 heteroatoms. The summed E-state index contributed by atoms with van der Waals surface area (Å²) in [5.74, 6) is 0.630. The van der Waals surface area contributed by atoms with Crippen LogP contribution in [0.5, 0.6) is 5.75 Å². The molecule has 0 saturated carbocycles. The van der Waals surface area contributed by atoms with Crippen molar-refractivity contribution < 1.29 is 9.53 Å². The Morgan fingerprint density at radius 3 is 2.75 bits per heavy atom. The Hall–Kier alpha value is -1.06. The van der Waals surface area contributed by atoms with Gasteiger partial charge in [-0.3, -0.25) is 4.79 Å². The van der Waals surface area contributed by atoms with Crippen molar-refractivity contribution >= 4 is 17.4 Å². The molecule has 1 aromatic carbocycles. The maximum atomic E-state index is 11.8. The molecule has 88 valence electrons. The Morgan fingerprint density at radius 2 is 2.25 bits per heavy atom. The van der Waals surface area contributed by atoms with Crippen molar-refractivity contribution in [3.05, 3.63) is 28.8 Å². The number of ketones is 1. The van der Waals surface area contributed by atoms with E-state index in [-0.39, 0.29) is 11.8 Å². The quantitative estimate of drug-likeness (QED) is 0.806. The summed E-state index contributed by atoms with van der Waals surface area (Å²) in [5, 5.41) is 3.37. The van der Waals surface area contributed by atoms with Crippen LogP contribution in [0.3, 0.4) is 0 Å². The van der Waals surface area contributed by atoms with Gasteiger partial charge in [-0.2, -0.15) is 0 Å². The second-order valence-corrected chi connectivity index (χ2v) is 3.86. The zero-order chi connectivity index (χ0) is 12.1. The van der Waals surface area contributed by atoms with Crippen LogP contribution in [0, 0.1) is 0 Å². The topological polar surface area (TPSA) is 38.3 Å². The number of hydrogen-bond acceptors (Lipinski definition) is 3. The number of likely N-dealkylation sites (N-methyl/N-ethyl adjacent to an activating group) is 1. The summed E-state index contributed by atoms with van der Waals surface area (Å²) >= 11 is 6.00. The lowest BCUT2D eigenvalue weighted by molar-refractivity contribution is 0.0955. The Bertz CT molecular complexity index is 379. The molecule has 0 aliphatic rings. The van der Waals surface area contributed by atoms with Crippen LogP contribution >= 0.6 is 11.6 Å². The Kier molecular flexibility index (Phi) is 4.77. The molecule has 0 aromatic heterocycles. The van der Waals surface area contributed by atoms with Gasteiger partial charge in [0.2, 0.25) is 0 Å². The second-order valence-electron chi connectivity index (χ2n) is 3.45. The predicted octanol–water partition coefficient (Wildman–Crippen LogP) is 2.53. The van der Waals surface area contributed by atoms with Crippen LogP contribution in [0.2, 0.25) is 5.02 Å². The summed E-state index contributed by atoms with van der Waals surface area (Å²) in [6, 6.07) is 4.88. The van der Waals surface area contributed by atoms with E-state index in [9.17, 15) is 4.79 Å². The molecular formula is C12H16ClNO2. The van der Waals surface area contributed by atoms with E-state index in [1.54, 1.807) is 25.2 Å². The Labute approximate surface area is 101 Å². The molecule has 1 aromatic rings. The molecule has 0 spiro atoms. The minimum atomic E-state index is -0.214. The summed E-state index contributed by atoms with van der Waals surface area (Å²) in [7, 11) is 1.75. The summed E-state index contributed by atoms with van der Waals surface area (Å²) in [4.78, 5) is 11.8. The van der Waals surface area contributed by atoms with E-state index >= 15 is 0 Å². The zero-order valence-electron chi connectivity index (χ0n) is 9.71. The predicted molar refractivity (Wildman–Crippen MR) is 65.5 cm³/mol. The SMILES string of the molecule is CCOc1ccc(C(=O)C(C)NC)cc1Cl. The maximum Gasteiger partial charge on any atom is 0.179 e. The van der Waals surface area contributed by atoms with E-state index in [2.05, 4.69) is 5.32 Å². The van der Waals surface area contributed by atoms with Crippen molar-refractivity contribution in [3.63, 3.8) is 0 Å².